The first-order valence-electron chi connectivity index (χ1n) is 7.19. The van der Waals surface area contributed by atoms with Crippen LogP contribution in [0.15, 0.2) is 0 Å². The van der Waals surface area contributed by atoms with E-state index in [2.05, 4.69) is 39.8 Å². The largest absolute Gasteiger partial charge is 0.309 e. The summed E-state index contributed by atoms with van der Waals surface area (Å²) in [5.74, 6) is 0. The molecule has 0 aliphatic heterocycles. The zero-order chi connectivity index (χ0) is 12.4. The predicted octanol–water partition coefficient (Wildman–Crippen LogP) is 4.71. The highest BCUT2D eigenvalue weighted by molar-refractivity contribution is 4.75. The van der Waals surface area contributed by atoms with E-state index < -0.39 is 0 Å². The Bertz CT molecular complexity index is 154. The molecule has 0 bridgehead atoms. The average Bonchev–Trinajstić information content (AvgIpc) is 2.24. The van der Waals surface area contributed by atoms with Crippen LogP contribution in [0.4, 0.5) is 0 Å². The molecule has 1 heteroatoms. The van der Waals surface area contributed by atoms with Crippen molar-refractivity contribution in [3.63, 3.8) is 0 Å². The van der Waals surface area contributed by atoms with Gasteiger partial charge in [0.25, 0.3) is 0 Å². The van der Waals surface area contributed by atoms with E-state index in [1.54, 1.807) is 0 Å². The zero-order valence-electron chi connectivity index (χ0n) is 12.3. The molecule has 0 aliphatic carbocycles. The van der Waals surface area contributed by atoms with Gasteiger partial charge in [-0.25, -0.2) is 0 Å². The van der Waals surface area contributed by atoms with Crippen LogP contribution in [0.2, 0.25) is 0 Å². The fourth-order valence-electron chi connectivity index (χ4n) is 2.27. The number of unbranched alkanes of at least 4 members (excludes halogenated alkanes) is 3. The summed E-state index contributed by atoms with van der Waals surface area (Å²) in [4.78, 5) is 2.32. The van der Waals surface area contributed by atoms with Gasteiger partial charge in [-0.1, -0.05) is 52.9 Å². The molecule has 0 aliphatic rings. The standard InChI is InChI=1S/C15H33N/c1-6-8-10-12-15(3,11-9-7-2)13-14-16(4)5/h6-14H2,1-5H3. The highest BCUT2D eigenvalue weighted by atomic mass is 15.0. The Morgan fingerprint density at radius 2 is 1.38 bits per heavy atom. The van der Waals surface area contributed by atoms with Crippen LogP contribution in [0.1, 0.15) is 72.1 Å². The first-order valence-corrected chi connectivity index (χ1v) is 7.19. The lowest BCUT2D eigenvalue weighted by Gasteiger charge is -2.31. The molecule has 0 heterocycles. The Morgan fingerprint density at radius 3 is 1.88 bits per heavy atom. The van der Waals surface area contributed by atoms with Crippen LogP contribution in [0, 0.1) is 5.41 Å². The molecule has 0 amide bonds. The van der Waals surface area contributed by atoms with Crippen LogP contribution in [0.25, 0.3) is 0 Å². The molecule has 98 valence electrons. The molecule has 1 unspecified atom stereocenters. The molecule has 0 rings (SSSR count). The molecule has 16 heavy (non-hydrogen) atoms. The Hall–Kier alpha value is -0.0400. The zero-order valence-corrected chi connectivity index (χ0v) is 12.3. The van der Waals surface area contributed by atoms with E-state index in [4.69, 9.17) is 0 Å². The Labute approximate surface area is 104 Å². The molecule has 0 N–H and O–H groups in total. The highest BCUT2D eigenvalue weighted by Crippen LogP contribution is 2.34. The van der Waals surface area contributed by atoms with Gasteiger partial charge in [-0.05, 0) is 45.3 Å². The molecule has 0 aromatic rings. The minimum Gasteiger partial charge on any atom is -0.309 e. The van der Waals surface area contributed by atoms with E-state index in [1.807, 2.05) is 0 Å². The molecule has 0 aromatic carbocycles. The van der Waals surface area contributed by atoms with Crippen molar-refractivity contribution < 1.29 is 0 Å². The van der Waals surface area contributed by atoms with Crippen LogP contribution in [0.5, 0.6) is 0 Å². The summed E-state index contributed by atoms with van der Waals surface area (Å²) >= 11 is 0. The van der Waals surface area contributed by atoms with Crippen molar-refractivity contribution in [1.29, 1.82) is 0 Å². The summed E-state index contributed by atoms with van der Waals surface area (Å²) in [6.07, 6.45) is 11.1. The molecule has 0 spiro atoms. The predicted molar refractivity (Wildman–Crippen MR) is 74.9 cm³/mol. The van der Waals surface area contributed by atoms with Crippen molar-refractivity contribution in [2.45, 2.75) is 72.1 Å². The van der Waals surface area contributed by atoms with E-state index in [9.17, 15) is 0 Å². The van der Waals surface area contributed by atoms with Crippen molar-refractivity contribution in [2.75, 3.05) is 20.6 Å². The van der Waals surface area contributed by atoms with Crippen LogP contribution in [0.3, 0.4) is 0 Å². The second-order valence-electron chi connectivity index (χ2n) is 5.92. The van der Waals surface area contributed by atoms with Crippen LogP contribution in [-0.2, 0) is 0 Å². The van der Waals surface area contributed by atoms with E-state index in [1.165, 1.54) is 57.9 Å². The summed E-state index contributed by atoms with van der Waals surface area (Å²) in [6, 6.07) is 0. The highest BCUT2D eigenvalue weighted by Gasteiger charge is 2.22. The maximum absolute atomic E-state index is 2.50. The molecule has 0 fully saturated rings. The van der Waals surface area contributed by atoms with Gasteiger partial charge in [0, 0.05) is 0 Å². The summed E-state index contributed by atoms with van der Waals surface area (Å²) in [5.41, 5.74) is 0.593. The summed E-state index contributed by atoms with van der Waals surface area (Å²) in [6.45, 7) is 8.34. The Balaban J connectivity index is 4.01. The van der Waals surface area contributed by atoms with Gasteiger partial charge in [-0.3, -0.25) is 0 Å². The minimum atomic E-state index is 0.593. The lowest BCUT2D eigenvalue weighted by Crippen LogP contribution is -2.24. The maximum Gasteiger partial charge on any atom is -0.00196 e. The van der Waals surface area contributed by atoms with Gasteiger partial charge in [0.2, 0.25) is 0 Å². The van der Waals surface area contributed by atoms with Crippen molar-refractivity contribution in [2.24, 2.45) is 5.41 Å². The van der Waals surface area contributed by atoms with Crippen molar-refractivity contribution >= 4 is 0 Å². The normalized spacial score (nSPS) is 15.4. The molecule has 0 aromatic heterocycles. The van der Waals surface area contributed by atoms with Crippen molar-refractivity contribution in [1.82, 2.24) is 4.90 Å². The molecular weight excluding hydrogens is 194 g/mol. The quantitative estimate of drug-likeness (QED) is 0.488. The van der Waals surface area contributed by atoms with Crippen molar-refractivity contribution in [3.05, 3.63) is 0 Å². The number of hydrogen-bond acceptors (Lipinski definition) is 1. The SMILES string of the molecule is CCCCCC(C)(CCCC)CCN(C)C. The molecule has 0 saturated carbocycles. The minimum absolute atomic E-state index is 0.593. The maximum atomic E-state index is 2.50. The average molecular weight is 227 g/mol. The molecule has 0 radical (unpaired) electrons. The van der Waals surface area contributed by atoms with Gasteiger partial charge in [-0.15, -0.1) is 0 Å². The smallest absolute Gasteiger partial charge is 0.00196 e. The summed E-state index contributed by atoms with van der Waals surface area (Å²) < 4.78 is 0. The lowest BCUT2D eigenvalue weighted by atomic mass is 9.77. The molecule has 1 atom stereocenters. The van der Waals surface area contributed by atoms with Crippen LogP contribution in [-0.4, -0.2) is 25.5 Å². The van der Waals surface area contributed by atoms with Gasteiger partial charge in [0.1, 0.15) is 0 Å². The first kappa shape index (κ1) is 16.0. The number of rotatable bonds is 10. The number of nitrogens with zero attached hydrogens (tertiary/aromatic N) is 1. The van der Waals surface area contributed by atoms with Gasteiger partial charge < -0.3 is 4.90 Å². The second kappa shape index (κ2) is 9.04. The third-order valence-electron chi connectivity index (χ3n) is 3.68. The van der Waals surface area contributed by atoms with E-state index in [0.717, 1.165) is 0 Å². The first-order chi connectivity index (χ1) is 7.54. The topological polar surface area (TPSA) is 3.24 Å². The molecule has 0 saturated heterocycles. The van der Waals surface area contributed by atoms with Gasteiger partial charge in [0.05, 0.1) is 0 Å². The molecular formula is C15H33N. The Morgan fingerprint density at radius 1 is 0.812 bits per heavy atom. The van der Waals surface area contributed by atoms with E-state index in [-0.39, 0.29) is 0 Å². The van der Waals surface area contributed by atoms with Gasteiger partial charge in [0.15, 0.2) is 0 Å². The van der Waals surface area contributed by atoms with Crippen LogP contribution >= 0.6 is 0 Å². The summed E-state index contributed by atoms with van der Waals surface area (Å²) in [5, 5.41) is 0. The third kappa shape index (κ3) is 8.15. The van der Waals surface area contributed by atoms with Crippen molar-refractivity contribution in [3.8, 4) is 0 Å². The monoisotopic (exact) mass is 227 g/mol. The van der Waals surface area contributed by atoms with Gasteiger partial charge in [-0.2, -0.15) is 0 Å². The second-order valence-corrected chi connectivity index (χ2v) is 5.92. The molecule has 1 nitrogen and oxygen atoms in total. The van der Waals surface area contributed by atoms with E-state index in [0.29, 0.717) is 5.41 Å². The lowest BCUT2D eigenvalue weighted by molar-refractivity contribution is 0.205. The fraction of sp³-hybridized carbons (Fsp3) is 1.00. The Kier molecular flexibility index (Phi) is 9.02. The third-order valence-corrected chi connectivity index (χ3v) is 3.68. The fourth-order valence-corrected chi connectivity index (χ4v) is 2.27. The van der Waals surface area contributed by atoms with E-state index >= 15 is 0 Å². The van der Waals surface area contributed by atoms with Crippen LogP contribution < -0.4 is 0 Å². The summed E-state index contributed by atoms with van der Waals surface area (Å²) in [7, 11) is 4.37. The number of hydrogen-bond donors (Lipinski definition) is 0. The van der Waals surface area contributed by atoms with Gasteiger partial charge >= 0.3 is 0 Å².